The fourth-order valence-corrected chi connectivity index (χ4v) is 1.63. The Hall–Kier alpha value is -0.580. The normalized spacial score (nSPS) is 12.1. The number of thiazole rings is 1. The Balaban J connectivity index is 3.13. The SMILES string of the molecule is Cc1nc(C(F)(F)F)c(C)s1. The summed E-state index contributed by atoms with van der Waals surface area (Å²) in [4.78, 5) is 3.61. The van der Waals surface area contributed by atoms with Crippen LogP contribution in [0.2, 0.25) is 0 Å². The molecule has 1 aromatic rings. The van der Waals surface area contributed by atoms with Gasteiger partial charge in [0.15, 0.2) is 5.69 Å². The summed E-state index contributed by atoms with van der Waals surface area (Å²) in [7, 11) is 0. The quantitative estimate of drug-likeness (QED) is 0.599. The third-order valence-corrected chi connectivity index (χ3v) is 2.06. The van der Waals surface area contributed by atoms with Gasteiger partial charge in [0.05, 0.1) is 5.01 Å². The van der Waals surface area contributed by atoms with E-state index in [1.807, 2.05) is 0 Å². The van der Waals surface area contributed by atoms with Crippen molar-refractivity contribution in [2.45, 2.75) is 20.0 Å². The van der Waals surface area contributed by atoms with Gasteiger partial charge in [0.2, 0.25) is 0 Å². The summed E-state index contributed by atoms with van der Waals surface area (Å²) in [6.07, 6.45) is -4.30. The molecular weight excluding hydrogens is 175 g/mol. The van der Waals surface area contributed by atoms with Gasteiger partial charge in [-0.2, -0.15) is 13.2 Å². The Morgan fingerprint density at radius 3 is 2.00 bits per heavy atom. The van der Waals surface area contributed by atoms with Crippen LogP contribution in [0.5, 0.6) is 0 Å². The standard InChI is InChI=1S/C6H6F3NS/c1-3-5(6(7,8)9)10-4(2)11-3/h1-2H3. The second-order valence-corrected chi connectivity index (χ2v) is 3.54. The van der Waals surface area contributed by atoms with Crippen molar-refractivity contribution in [2.75, 3.05) is 0 Å². The molecule has 0 aliphatic carbocycles. The van der Waals surface area contributed by atoms with E-state index in [-0.39, 0.29) is 4.88 Å². The van der Waals surface area contributed by atoms with Gasteiger partial charge in [-0.3, -0.25) is 0 Å². The number of aromatic nitrogens is 1. The van der Waals surface area contributed by atoms with Crippen LogP contribution in [0.25, 0.3) is 0 Å². The molecule has 0 saturated carbocycles. The van der Waals surface area contributed by atoms with Crippen LogP contribution >= 0.6 is 11.3 Å². The van der Waals surface area contributed by atoms with Gasteiger partial charge in [0.1, 0.15) is 0 Å². The van der Waals surface area contributed by atoms with Crippen LogP contribution in [-0.2, 0) is 6.18 Å². The first-order valence-corrected chi connectivity index (χ1v) is 3.74. The second-order valence-electron chi connectivity index (χ2n) is 2.14. The Morgan fingerprint density at radius 2 is 1.82 bits per heavy atom. The molecule has 0 aliphatic rings. The molecule has 0 saturated heterocycles. The average molecular weight is 181 g/mol. The highest BCUT2D eigenvalue weighted by molar-refractivity contribution is 7.11. The molecule has 0 fully saturated rings. The smallest absolute Gasteiger partial charge is 0.237 e. The van der Waals surface area contributed by atoms with Crippen molar-refractivity contribution in [3.05, 3.63) is 15.6 Å². The minimum Gasteiger partial charge on any atom is -0.237 e. The molecular formula is C6H6F3NS. The second kappa shape index (κ2) is 2.48. The van der Waals surface area contributed by atoms with E-state index in [0.717, 1.165) is 11.3 Å². The molecule has 0 aromatic carbocycles. The summed E-state index contributed by atoms with van der Waals surface area (Å²) in [6.45, 7) is 2.99. The molecule has 11 heavy (non-hydrogen) atoms. The third kappa shape index (κ3) is 1.71. The van der Waals surface area contributed by atoms with Crippen LogP contribution in [0.3, 0.4) is 0 Å². The fourth-order valence-electron chi connectivity index (χ4n) is 0.792. The maximum absolute atomic E-state index is 12.0. The summed E-state index contributed by atoms with van der Waals surface area (Å²) in [5.74, 6) is 0. The lowest BCUT2D eigenvalue weighted by Crippen LogP contribution is -2.06. The highest BCUT2D eigenvalue weighted by Crippen LogP contribution is 2.33. The van der Waals surface area contributed by atoms with Gasteiger partial charge < -0.3 is 0 Å². The van der Waals surface area contributed by atoms with Crippen molar-refractivity contribution in [1.29, 1.82) is 0 Å². The molecule has 0 atom stereocenters. The Bertz CT molecular complexity index is 263. The van der Waals surface area contributed by atoms with E-state index in [4.69, 9.17) is 0 Å². The molecule has 0 unspecified atom stereocenters. The van der Waals surface area contributed by atoms with E-state index in [1.54, 1.807) is 6.92 Å². The molecule has 62 valence electrons. The van der Waals surface area contributed by atoms with Crippen LogP contribution in [0.4, 0.5) is 13.2 Å². The summed E-state index contributed by atoms with van der Waals surface area (Å²) in [5, 5.41) is 0.454. The Kier molecular flexibility index (Phi) is 1.92. The molecule has 1 rings (SSSR count). The van der Waals surface area contributed by atoms with E-state index in [9.17, 15) is 13.2 Å². The minimum absolute atomic E-state index is 0.231. The third-order valence-electron chi connectivity index (χ3n) is 1.17. The highest BCUT2D eigenvalue weighted by atomic mass is 32.1. The molecule has 0 aliphatic heterocycles. The number of aryl methyl sites for hydroxylation is 2. The van der Waals surface area contributed by atoms with Crippen LogP contribution in [0, 0.1) is 13.8 Å². The average Bonchev–Trinajstić information content (AvgIpc) is 2.08. The maximum atomic E-state index is 12.0. The zero-order valence-corrected chi connectivity index (χ0v) is 6.81. The lowest BCUT2D eigenvalue weighted by molar-refractivity contribution is -0.141. The van der Waals surface area contributed by atoms with Crippen LogP contribution in [-0.4, -0.2) is 4.98 Å². The number of alkyl halides is 3. The molecule has 0 radical (unpaired) electrons. The van der Waals surface area contributed by atoms with E-state index in [0.29, 0.717) is 5.01 Å². The van der Waals surface area contributed by atoms with Crippen molar-refractivity contribution in [1.82, 2.24) is 4.98 Å². The van der Waals surface area contributed by atoms with Gasteiger partial charge in [-0.05, 0) is 13.8 Å². The zero-order valence-electron chi connectivity index (χ0n) is 5.99. The molecule has 0 spiro atoms. The van der Waals surface area contributed by atoms with Crippen LogP contribution < -0.4 is 0 Å². The maximum Gasteiger partial charge on any atom is 0.434 e. The lowest BCUT2D eigenvalue weighted by Gasteiger charge is -2.01. The Morgan fingerprint density at radius 1 is 1.27 bits per heavy atom. The van der Waals surface area contributed by atoms with Crippen molar-refractivity contribution >= 4 is 11.3 Å². The number of halogens is 3. The van der Waals surface area contributed by atoms with Crippen molar-refractivity contribution in [2.24, 2.45) is 0 Å². The van der Waals surface area contributed by atoms with Gasteiger partial charge in [0.25, 0.3) is 0 Å². The number of nitrogens with zero attached hydrogens (tertiary/aromatic N) is 1. The number of rotatable bonds is 0. The number of hydrogen-bond donors (Lipinski definition) is 0. The Labute approximate surface area is 65.9 Å². The van der Waals surface area contributed by atoms with Gasteiger partial charge >= 0.3 is 6.18 Å². The van der Waals surface area contributed by atoms with Gasteiger partial charge in [-0.15, -0.1) is 11.3 Å². The molecule has 0 N–H and O–H groups in total. The molecule has 1 aromatic heterocycles. The topological polar surface area (TPSA) is 12.9 Å². The van der Waals surface area contributed by atoms with Crippen LogP contribution in [0.1, 0.15) is 15.6 Å². The minimum atomic E-state index is -4.30. The summed E-state index contributed by atoms with van der Waals surface area (Å²) in [6, 6.07) is 0. The van der Waals surface area contributed by atoms with Crippen molar-refractivity contribution < 1.29 is 13.2 Å². The van der Waals surface area contributed by atoms with Gasteiger partial charge in [0, 0.05) is 4.88 Å². The summed E-state index contributed by atoms with van der Waals surface area (Å²) >= 11 is 1.06. The number of hydrogen-bond acceptors (Lipinski definition) is 2. The first-order chi connectivity index (χ1) is 4.91. The van der Waals surface area contributed by atoms with E-state index >= 15 is 0 Å². The van der Waals surface area contributed by atoms with Gasteiger partial charge in [-0.25, -0.2) is 4.98 Å². The van der Waals surface area contributed by atoms with E-state index < -0.39 is 11.9 Å². The highest BCUT2D eigenvalue weighted by Gasteiger charge is 2.35. The van der Waals surface area contributed by atoms with E-state index in [2.05, 4.69) is 4.98 Å². The molecule has 1 heterocycles. The predicted molar refractivity (Wildman–Crippen MR) is 36.6 cm³/mol. The largest absolute Gasteiger partial charge is 0.434 e. The molecule has 1 nitrogen and oxygen atoms in total. The lowest BCUT2D eigenvalue weighted by atomic mass is 10.4. The monoisotopic (exact) mass is 181 g/mol. The van der Waals surface area contributed by atoms with E-state index in [1.165, 1.54) is 6.92 Å². The summed E-state index contributed by atoms with van der Waals surface area (Å²) < 4.78 is 36.0. The van der Waals surface area contributed by atoms with Crippen molar-refractivity contribution in [3.63, 3.8) is 0 Å². The molecule has 0 amide bonds. The zero-order chi connectivity index (χ0) is 8.65. The van der Waals surface area contributed by atoms with Gasteiger partial charge in [-0.1, -0.05) is 0 Å². The first-order valence-electron chi connectivity index (χ1n) is 2.92. The first kappa shape index (κ1) is 8.52. The molecule has 0 bridgehead atoms. The van der Waals surface area contributed by atoms with Crippen molar-refractivity contribution in [3.8, 4) is 0 Å². The predicted octanol–water partition coefficient (Wildman–Crippen LogP) is 2.78. The fraction of sp³-hybridized carbons (Fsp3) is 0.500. The van der Waals surface area contributed by atoms with Crippen LogP contribution in [0.15, 0.2) is 0 Å². The summed E-state index contributed by atoms with van der Waals surface area (Å²) in [5.41, 5.74) is -0.750. The molecule has 5 heteroatoms.